The van der Waals surface area contributed by atoms with Crippen LogP contribution in [0.4, 0.5) is 0 Å². The molecule has 0 aliphatic carbocycles. The van der Waals surface area contributed by atoms with Crippen molar-refractivity contribution in [3.8, 4) is 11.1 Å². The second-order valence-electron chi connectivity index (χ2n) is 6.92. The third-order valence-electron chi connectivity index (χ3n) is 5.08. The van der Waals surface area contributed by atoms with Crippen LogP contribution < -0.4 is 0 Å². The fourth-order valence-corrected chi connectivity index (χ4v) is 3.24. The van der Waals surface area contributed by atoms with Gasteiger partial charge in [-0.15, -0.1) is 0 Å². The summed E-state index contributed by atoms with van der Waals surface area (Å²) in [5, 5.41) is 9.56. The Morgan fingerprint density at radius 2 is 2.11 bits per heavy atom. The van der Waals surface area contributed by atoms with Gasteiger partial charge in [0.25, 0.3) is 5.91 Å². The summed E-state index contributed by atoms with van der Waals surface area (Å²) in [5.41, 5.74) is 4.51. The first kappa shape index (κ1) is 17.4. The molecule has 1 amide bonds. The number of oxazole rings is 1. The molecule has 138 valence electrons. The summed E-state index contributed by atoms with van der Waals surface area (Å²) in [4.78, 5) is 22.7. The van der Waals surface area contributed by atoms with E-state index in [1.165, 1.54) is 11.8 Å². The van der Waals surface area contributed by atoms with E-state index < -0.39 is 6.10 Å². The highest BCUT2D eigenvalue weighted by molar-refractivity contribution is 5.92. The number of nitrogens with zero attached hydrogens (tertiary/aromatic N) is 3. The lowest BCUT2D eigenvalue weighted by molar-refractivity contribution is -0.0360. The molecule has 1 N–H and O–H groups in total. The molecule has 1 aromatic carbocycles. The third kappa shape index (κ3) is 3.36. The van der Waals surface area contributed by atoms with Gasteiger partial charge in [0.1, 0.15) is 6.26 Å². The van der Waals surface area contributed by atoms with Crippen LogP contribution in [0.2, 0.25) is 0 Å². The fourth-order valence-electron chi connectivity index (χ4n) is 3.24. The van der Waals surface area contributed by atoms with Gasteiger partial charge in [0.2, 0.25) is 5.89 Å². The molecule has 2 atom stereocenters. The van der Waals surface area contributed by atoms with E-state index >= 15 is 0 Å². The molecule has 6 heteroatoms. The SMILES string of the molecule is Cc1ccccc1-c1ccc(Cc2nc(C(=O)N3C[C@H](O)[C@@H]3C)co2)nc1. The van der Waals surface area contributed by atoms with Crippen molar-refractivity contribution in [1.29, 1.82) is 0 Å². The Bertz CT molecular complexity index is 965. The highest BCUT2D eigenvalue weighted by atomic mass is 16.3. The topological polar surface area (TPSA) is 79.5 Å². The van der Waals surface area contributed by atoms with Crippen molar-refractivity contribution in [1.82, 2.24) is 14.9 Å². The van der Waals surface area contributed by atoms with E-state index in [1.54, 1.807) is 4.90 Å². The molecule has 0 saturated carbocycles. The van der Waals surface area contributed by atoms with E-state index in [0.29, 0.717) is 18.9 Å². The number of aryl methyl sites for hydroxylation is 1. The van der Waals surface area contributed by atoms with Crippen LogP contribution in [0.5, 0.6) is 0 Å². The number of carbonyl (C=O) groups is 1. The monoisotopic (exact) mass is 363 g/mol. The maximum atomic E-state index is 12.4. The second kappa shape index (κ2) is 6.96. The molecule has 6 nitrogen and oxygen atoms in total. The number of aliphatic hydroxyl groups is 1. The number of aromatic nitrogens is 2. The van der Waals surface area contributed by atoms with Crippen molar-refractivity contribution in [3.05, 3.63) is 71.7 Å². The van der Waals surface area contributed by atoms with Crippen molar-refractivity contribution in [2.45, 2.75) is 32.4 Å². The van der Waals surface area contributed by atoms with Gasteiger partial charge in [-0.3, -0.25) is 9.78 Å². The lowest BCUT2D eigenvalue weighted by Gasteiger charge is -2.42. The molecule has 0 radical (unpaired) electrons. The van der Waals surface area contributed by atoms with Crippen molar-refractivity contribution in [2.24, 2.45) is 0 Å². The molecule has 1 saturated heterocycles. The Hall–Kier alpha value is -2.99. The van der Waals surface area contributed by atoms with Crippen LogP contribution in [0.25, 0.3) is 11.1 Å². The summed E-state index contributed by atoms with van der Waals surface area (Å²) in [5.74, 6) is 0.230. The summed E-state index contributed by atoms with van der Waals surface area (Å²) in [7, 11) is 0. The van der Waals surface area contributed by atoms with Crippen LogP contribution in [-0.2, 0) is 6.42 Å². The van der Waals surface area contributed by atoms with Crippen LogP contribution in [0, 0.1) is 6.92 Å². The Balaban J connectivity index is 1.45. The van der Waals surface area contributed by atoms with Gasteiger partial charge in [-0.2, -0.15) is 0 Å². The van der Waals surface area contributed by atoms with E-state index in [0.717, 1.165) is 16.8 Å². The molecule has 3 aromatic rings. The molecule has 0 bridgehead atoms. The van der Waals surface area contributed by atoms with Crippen molar-refractivity contribution in [2.75, 3.05) is 6.54 Å². The van der Waals surface area contributed by atoms with Gasteiger partial charge in [-0.25, -0.2) is 4.98 Å². The summed E-state index contributed by atoms with van der Waals surface area (Å²) in [6.07, 6.45) is 3.17. The number of hydrogen-bond acceptors (Lipinski definition) is 5. The van der Waals surface area contributed by atoms with Gasteiger partial charge in [-0.1, -0.05) is 30.3 Å². The fraction of sp³-hybridized carbons (Fsp3) is 0.286. The lowest BCUT2D eigenvalue weighted by Crippen LogP contribution is -2.60. The summed E-state index contributed by atoms with van der Waals surface area (Å²) in [6.45, 7) is 4.23. The smallest absolute Gasteiger partial charge is 0.276 e. The van der Waals surface area contributed by atoms with Crippen LogP contribution >= 0.6 is 0 Å². The molecule has 4 rings (SSSR count). The number of β-amino-alcohol motifs (C(OH)–C–C–N with tert-alkyl or cyclic N) is 1. The van der Waals surface area contributed by atoms with Crippen molar-refractivity contribution >= 4 is 5.91 Å². The van der Waals surface area contributed by atoms with Gasteiger partial charge in [0.05, 0.1) is 18.6 Å². The molecule has 2 aromatic heterocycles. The van der Waals surface area contributed by atoms with Crippen molar-refractivity contribution in [3.63, 3.8) is 0 Å². The largest absolute Gasteiger partial charge is 0.448 e. The van der Waals surface area contributed by atoms with Crippen molar-refractivity contribution < 1.29 is 14.3 Å². The third-order valence-corrected chi connectivity index (χ3v) is 5.08. The van der Waals surface area contributed by atoms with E-state index in [-0.39, 0.29) is 17.6 Å². The van der Waals surface area contributed by atoms with Crippen LogP contribution in [-0.4, -0.2) is 44.6 Å². The lowest BCUT2D eigenvalue weighted by atomic mass is 10.0. The van der Waals surface area contributed by atoms with Crippen LogP contribution in [0.15, 0.2) is 53.3 Å². The van der Waals surface area contributed by atoms with E-state index in [1.807, 2.05) is 37.4 Å². The van der Waals surface area contributed by atoms with Gasteiger partial charge < -0.3 is 14.4 Å². The molecule has 3 heterocycles. The molecule has 1 aliphatic heterocycles. The van der Waals surface area contributed by atoms with Crippen LogP contribution in [0.3, 0.4) is 0 Å². The highest BCUT2D eigenvalue weighted by Gasteiger charge is 2.38. The maximum absolute atomic E-state index is 12.4. The zero-order valence-electron chi connectivity index (χ0n) is 15.3. The zero-order valence-corrected chi connectivity index (χ0v) is 15.3. The molecular weight excluding hydrogens is 342 g/mol. The number of benzene rings is 1. The number of aliphatic hydroxyl groups excluding tert-OH is 1. The minimum Gasteiger partial charge on any atom is -0.448 e. The average molecular weight is 363 g/mol. The first-order chi connectivity index (χ1) is 13.0. The second-order valence-corrected chi connectivity index (χ2v) is 6.92. The number of rotatable bonds is 4. The summed E-state index contributed by atoms with van der Waals surface area (Å²) < 4.78 is 5.44. The Morgan fingerprint density at radius 3 is 2.78 bits per heavy atom. The Labute approximate surface area is 157 Å². The zero-order chi connectivity index (χ0) is 19.0. The van der Waals surface area contributed by atoms with Gasteiger partial charge >= 0.3 is 0 Å². The number of pyridine rings is 1. The normalized spacial score (nSPS) is 19.0. The molecule has 27 heavy (non-hydrogen) atoms. The van der Waals surface area contributed by atoms with E-state index in [4.69, 9.17) is 4.42 Å². The number of carbonyl (C=O) groups excluding carboxylic acids is 1. The van der Waals surface area contributed by atoms with Crippen LogP contribution in [0.1, 0.15) is 34.6 Å². The molecular formula is C21H21N3O3. The molecule has 0 unspecified atom stereocenters. The predicted octanol–water partition coefficient (Wildman–Crippen LogP) is 2.84. The van der Waals surface area contributed by atoms with E-state index in [9.17, 15) is 9.90 Å². The molecule has 0 spiro atoms. The molecule has 1 fully saturated rings. The summed E-state index contributed by atoms with van der Waals surface area (Å²) in [6, 6.07) is 12.0. The van der Waals surface area contributed by atoms with Gasteiger partial charge in [-0.05, 0) is 31.0 Å². The van der Waals surface area contributed by atoms with E-state index in [2.05, 4.69) is 29.0 Å². The van der Waals surface area contributed by atoms with Gasteiger partial charge in [0.15, 0.2) is 5.69 Å². The highest BCUT2D eigenvalue weighted by Crippen LogP contribution is 2.23. The first-order valence-electron chi connectivity index (χ1n) is 8.97. The van der Waals surface area contributed by atoms with Gasteiger partial charge in [0, 0.05) is 24.0 Å². The number of likely N-dealkylation sites (tertiary alicyclic amines) is 1. The Kier molecular flexibility index (Phi) is 4.49. The summed E-state index contributed by atoms with van der Waals surface area (Å²) >= 11 is 0. The molecule has 1 aliphatic rings. The standard InChI is InChI=1S/C21H21N3O3/c1-13-5-3-4-6-17(13)15-7-8-16(22-10-15)9-20-23-18(12-27-20)21(26)24-11-19(25)14(24)2/h3-8,10,12,14,19,25H,9,11H2,1-2H3/t14-,19-/m0/s1. The minimum atomic E-state index is -0.462. The minimum absolute atomic E-state index is 0.187. The average Bonchev–Trinajstić information content (AvgIpc) is 3.15. The Morgan fingerprint density at radius 1 is 1.30 bits per heavy atom. The number of amides is 1. The number of hydrogen-bond donors (Lipinski definition) is 1. The maximum Gasteiger partial charge on any atom is 0.276 e. The quantitative estimate of drug-likeness (QED) is 0.771. The first-order valence-corrected chi connectivity index (χ1v) is 8.97. The predicted molar refractivity (Wildman–Crippen MR) is 100 cm³/mol.